The van der Waals surface area contributed by atoms with Crippen LogP contribution in [0.3, 0.4) is 0 Å². The van der Waals surface area contributed by atoms with Crippen molar-refractivity contribution in [2.45, 2.75) is 40.2 Å². The van der Waals surface area contributed by atoms with Crippen molar-refractivity contribution in [3.63, 3.8) is 0 Å². The van der Waals surface area contributed by atoms with Crippen LogP contribution in [0.2, 0.25) is 5.02 Å². The Labute approximate surface area is 117 Å². The third kappa shape index (κ3) is 2.12. The highest BCUT2D eigenvalue weighted by molar-refractivity contribution is 6.33. The molecule has 0 spiro atoms. The fourth-order valence-corrected chi connectivity index (χ4v) is 2.66. The summed E-state index contributed by atoms with van der Waals surface area (Å²) < 4.78 is 1.72. The Kier molecular flexibility index (Phi) is 3.35. The zero-order chi connectivity index (χ0) is 14.4. The summed E-state index contributed by atoms with van der Waals surface area (Å²) in [5.41, 5.74) is 1.04. The van der Waals surface area contributed by atoms with Crippen LogP contribution in [0, 0.1) is 0 Å². The number of halogens is 1. The summed E-state index contributed by atoms with van der Waals surface area (Å²) in [7, 11) is 0. The molecule has 3 nitrogen and oxygen atoms in total. The predicted molar refractivity (Wildman–Crippen MR) is 81.2 cm³/mol. The topological polar surface area (TPSA) is 37.8 Å². The first-order valence-electron chi connectivity index (χ1n) is 6.37. The smallest absolute Gasteiger partial charge is 0.262 e. The van der Waals surface area contributed by atoms with Crippen LogP contribution < -0.4 is 16.1 Å². The molecule has 0 aromatic carbocycles. The maximum absolute atomic E-state index is 12.5. The SMILES string of the molecule is CC=c1[nH]c2cn(C(C)(C)C)c(=O)c-2c(Cl)/c1=C/C. The molecule has 2 heterocycles. The van der Waals surface area contributed by atoms with Crippen LogP contribution in [0.25, 0.3) is 23.4 Å². The van der Waals surface area contributed by atoms with Gasteiger partial charge in [0, 0.05) is 22.3 Å². The summed E-state index contributed by atoms with van der Waals surface area (Å²) in [6.45, 7) is 9.86. The largest absolute Gasteiger partial charge is 0.353 e. The molecular weight excluding hydrogens is 260 g/mol. The van der Waals surface area contributed by atoms with Crippen molar-refractivity contribution in [3.8, 4) is 11.3 Å². The van der Waals surface area contributed by atoms with Crippen molar-refractivity contribution in [3.05, 3.63) is 32.1 Å². The van der Waals surface area contributed by atoms with E-state index >= 15 is 0 Å². The summed E-state index contributed by atoms with van der Waals surface area (Å²) in [6.07, 6.45) is 5.72. The Morgan fingerprint density at radius 1 is 1.26 bits per heavy atom. The van der Waals surface area contributed by atoms with E-state index in [1.54, 1.807) is 4.57 Å². The highest BCUT2D eigenvalue weighted by Gasteiger charge is 2.24. The van der Waals surface area contributed by atoms with Crippen LogP contribution in [0.5, 0.6) is 0 Å². The summed E-state index contributed by atoms with van der Waals surface area (Å²) in [5, 5.41) is 2.34. The fourth-order valence-electron chi connectivity index (χ4n) is 2.27. The van der Waals surface area contributed by atoms with E-state index in [0.29, 0.717) is 10.6 Å². The monoisotopic (exact) mass is 278 g/mol. The normalized spacial score (nSPS) is 14.6. The van der Waals surface area contributed by atoms with Crippen LogP contribution in [0.15, 0.2) is 11.0 Å². The molecule has 2 rings (SSSR count). The first-order chi connectivity index (χ1) is 8.81. The Bertz CT molecular complexity index is 759. The molecule has 4 heteroatoms. The molecule has 0 bridgehead atoms. The van der Waals surface area contributed by atoms with Gasteiger partial charge in [-0.1, -0.05) is 23.8 Å². The Morgan fingerprint density at radius 3 is 2.37 bits per heavy atom. The summed E-state index contributed by atoms with van der Waals surface area (Å²) in [6, 6.07) is 0. The molecule has 2 aliphatic rings. The van der Waals surface area contributed by atoms with Crippen LogP contribution in [-0.4, -0.2) is 9.55 Å². The van der Waals surface area contributed by atoms with Crippen LogP contribution in [0.1, 0.15) is 34.6 Å². The number of hydrogen-bond acceptors (Lipinski definition) is 1. The summed E-state index contributed by atoms with van der Waals surface area (Å²) in [5.74, 6) is 0. The number of nitrogens with zero attached hydrogens (tertiary/aromatic N) is 1. The van der Waals surface area contributed by atoms with Crippen molar-refractivity contribution in [2.24, 2.45) is 0 Å². The number of pyridine rings is 1. The first kappa shape index (κ1) is 13.9. The van der Waals surface area contributed by atoms with Gasteiger partial charge in [-0.05, 0) is 34.6 Å². The molecule has 19 heavy (non-hydrogen) atoms. The Balaban J connectivity index is 3.04. The van der Waals surface area contributed by atoms with Crippen molar-refractivity contribution in [1.82, 2.24) is 9.55 Å². The van der Waals surface area contributed by atoms with Gasteiger partial charge < -0.3 is 9.55 Å². The number of aromatic nitrogens is 2. The van der Waals surface area contributed by atoms with Gasteiger partial charge in [0.2, 0.25) is 0 Å². The van der Waals surface area contributed by atoms with Crippen molar-refractivity contribution >= 4 is 23.8 Å². The van der Waals surface area contributed by atoms with Gasteiger partial charge in [0.1, 0.15) is 0 Å². The lowest BCUT2D eigenvalue weighted by molar-refractivity contribution is 0.389. The average molecular weight is 279 g/mol. The first-order valence-corrected chi connectivity index (χ1v) is 6.75. The molecule has 0 aromatic rings. The van der Waals surface area contributed by atoms with E-state index in [-0.39, 0.29) is 11.1 Å². The maximum Gasteiger partial charge on any atom is 0.262 e. The number of rotatable bonds is 0. The van der Waals surface area contributed by atoms with Crippen molar-refractivity contribution < 1.29 is 0 Å². The molecule has 0 aromatic heterocycles. The van der Waals surface area contributed by atoms with Gasteiger partial charge in [0.05, 0.1) is 16.3 Å². The van der Waals surface area contributed by atoms with E-state index in [2.05, 4.69) is 4.98 Å². The molecule has 0 saturated heterocycles. The lowest BCUT2D eigenvalue weighted by atomic mass is 10.1. The molecule has 0 radical (unpaired) electrons. The van der Waals surface area contributed by atoms with Crippen LogP contribution in [0.4, 0.5) is 0 Å². The molecular formula is C15H19ClN2O. The minimum absolute atomic E-state index is 0.0468. The number of H-pyrrole nitrogens is 1. The zero-order valence-corrected chi connectivity index (χ0v) is 12.7. The van der Waals surface area contributed by atoms with Crippen LogP contribution in [-0.2, 0) is 5.54 Å². The van der Waals surface area contributed by atoms with Crippen molar-refractivity contribution in [2.75, 3.05) is 0 Å². The van der Waals surface area contributed by atoms with Crippen LogP contribution >= 0.6 is 11.6 Å². The van der Waals surface area contributed by atoms with E-state index < -0.39 is 0 Å². The minimum Gasteiger partial charge on any atom is -0.353 e. The highest BCUT2D eigenvalue weighted by atomic mass is 35.5. The second-order valence-corrected chi connectivity index (χ2v) is 5.99. The van der Waals surface area contributed by atoms with Gasteiger partial charge in [-0.3, -0.25) is 4.79 Å². The molecule has 2 aliphatic heterocycles. The van der Waals surface area contributed by atoms with Crippen molar-refractivity contribution in [1.29, 1.82) is 0 Å². The summed E-state index contributed by atoms with van der Waals surface area (Å²) in [4.78, 5) is 15.8. The third-order valence-corrected chi connectivity index (χ3v) is 3.67. The second kappa shape index (κ2) is 4.57. The number of aromatic amines is 1. The van der Waals surface area contributed by atoms with E-state index in [4.69, 9.17) is 11.6 Å². The van der Waals surface area contributed by atoms with E-state index in [1.807, 2.05) is 53.0 Å². The lowest BCUT2D eigenvalue weighted by Crippen LogP contribution is -2.33. The van der Waals surface area contributed by atoms with Gasteiger partial charge in [-0.25, -0.2) is 0 Å². The van der Waals surface area contributed by atoms with Gasteiger partial charge in [0.15, 0.2) is 0 Å². The molecule has 0 amide bonds. The standard InChI is InChI=1S/C15H19ClN2O/c1-6-9-10(7-2)17-11-8-18(15(3,4)5)14(19)12(11)13(9)16/h6-8,17H,1-5H3/b9-6+,10-7?. The highest BCUT2D eigenvalue weighted by Crippen LogP contribution is 2.24. The number of nitrogens with one attached hydrogen (secondary N) is 1. The summed E-state index contributed by atoms with van der Waals surface area (Å²) >= 11 is 6.41. The van der Waals surface area contributed by atoms with E-state index in [0.717, 1.165) is 16.3 Å². The van der Waals surface area contributed by atoms with Gasteiger partial charge in [0.25, 0.3) is 5.56 Å². The molecule has 0 atom stereocenters. The molecule has 0 aliphatic carbocycles. The lowest BCUT2D eigenvalue weighted by Gasteiger charge is -2.19. The number of fused-ring (bicyclic) bond motifs is 1. The van der Waals surface area contributed by atoms with Gasteiger partial charge in [-0.15, -0.1) is 0 Å². The molecule has 0 fully saturated rings. The fraction of sp³-hybridized carbons (Fsp3) is 0.400. The maximum atomic E-state index is 12.5. The Hall–Kier alpha value is -1.48. The van der Waals surface area contributed by atoms with E-state index in [9.17, 15) is 4.79 Å². The zero-order valence-electron chi connectivity index (χ0n) is 12.0. The molecule has 1 N–H and O–H groups in total. The second-order valence-electron chi connectivity index (χ2n) is 5.61. The minimum atomic E-state index is -0.264. The van der Waals surface area contributed by atoms with Gasteiger partial charge >= 0.3 is 0 Å². The predicted octanol–water partition coefficient (Wildman–Crippen LogP) is 2.29. The van der Waals surface area contributed by atoms with E-state index in [1.165, 1.54) is 0 Å². The molecule has 0 unspecified atom stereocenters. The molecule has 0 saturated carbocycles. The Morgan fingerprint density at radius 2 is 1.89 bits per heavy atom. The number of hydrogen-bond donors (Lipinski definition) is 1. The third-order valence-electron chi connectivity index (χ3n) is 3.28. The quantitative estimate of drug-likeness (QED) is 0.789. The average Bonchev–Trinajstić information content (AvgIpc) is 2.66. The van der Waals surface area contributed by atoms with Gasteiger partial charge in [-0.2, -0.15) is 0 Å². The molecule has 102 valence electrons.